The third kappa shape index (κ3) is 1.93. The lowest BCUT2D eigenvalue weighted by molar-refractivity contribution is 0.830. The minimum absolute atomic E-state index is 0.648. The van der Waals surface area contributed by atoms with Gasteiger partial charge in [-0.25, -0.2) is 0 Å². The van der Waals surface area contributed by atoms with E-state index < -0.39 is 0 Å². The summed E-state index contributed by atoms with van der Waals surface area (Å²) in [7, 11) is 0. The summed E-state index contributed by atoms with van der Waals surface area (Å²) in [5, 5.41) is 0. The van der Waals surface area contributed by atoms with E-state index in [0.29, 0.717) is 5.92 Å². The highest BCUT2D eigenvalue weighted by Gasteiger charge is 2.09. The van der Waals surface area contributed by atoms with Crippen LogP contribution in [0.4, 0.5) is 0 Å². The maximum atomic E-state index is 2.28. The summed E-state index contributed by atoms with van der Waals surface area (Å²) in [5.74, 6) is 0.648. The zero-order valence-corrected chi connectivity index (χ0v) is 9.44. The van der Waals surface area contributed by atoms with Crippen molar-refractivity contribution in [3.8, 4) is 0 Å². The van der Waals surface area contributed by atoms with E-state index in [9.17, 15) is 0 Å². The molecule has 0 bridgehead atoms. The molecule has 0 aliphatic heterocycles. The molecule has 0 radical (unpaired) electrons. The summed E-state index contributed by atoms with van der Waals surface area (Å²) in [6.45, 7) is 11.2. The van der Waals surface area contributed by atoms with E-state index >= 15 is 0 Å². The second-order valence-corrected chi connectivity index (χ2v) is 4.10. The van der Waals surface area contributed by atoms with Gasteiger partial charge in [-0.05, 0) is 48.4 Å². The molecule has 0 N–H and O–H groups in total. The predicted molar refractivity (Wildman–Crippen MR) is 59.4 cm³/mol. The second kappa shape index (κ2) is 3.95. The fraction of sp³-hybridized carbons (Fsp3) is 0.538. The summed E-state index contributed by atoms with van der Waals surface area (Å²) >= 11 is 0. The molecule has 1 aromatic carbocycles. The highest BCUT2D eigenvalue weighted by atomic mass is 14.1. The van der Waals surface area contributed by atoms with Gasteiger partial charge in [-0.3, -0.25) is 0 Å². The average molecular weight is 176 g/mol. The molecule has 0 saturated carbocycles. The van der Waals surface area contributed by atoms with Gasteiger partial charge in [0, 0.05) is 0 Å². The van der Waals surface area contributed by atoms with Crippen molar-refractivity contribution in [2.75, 3.05) is 0 Å². The number of benzene rings is 1. The van der Waals surface area contributed by atoms with E-state index in [-0.39, 0.29) is 0 Å². The van der Waals surface area contributed by atoms with Crippen LogP contribution >= 0.6 is 0 Å². The SMILES string of the molecule is CCc1c(C)ccc(C)c1C(C)C. The number of hydrogen-bond acceptors (Lipinski definition) is 0. The lowest BCUT2D eigenvalue weighted by Crippen LogP contribution is -2.01. The zero-order valence-electron chi connectivity index (χ0n) is 9.44. The molecule has 0 heterocycles. The van der Waals surface area contributed by atoms with Crippen molar-refractivity contribution in [2.45, 2.75) is 47.0 Å². The molecule has 0 unspecified atom stereocenters. The Bertz CT molecular complexity index is 295. The Labute approximate surface area is 82.0 Å². The third-order valence-corrected chi connectivity index (χ3v) is 2.74. The number of aryl methyl sites for hydroxylation is 2. The molecule has 0 aromatic heterocycles. The lowest BCUT2D eigenvalue weighted by atomic mass is 9.88. The highest BCUT2D eigenvalue weighted by molar-refractivity contribution is 5.41. The molecule has 1 rings (SSSR count). The molecule has 0 fully saturated rings. The maximum absolute atomic E-state index is 2.28. The van der Waals surface area contributed by atoms with Gasteiger partial charge in [-0.15, -0.1) is 0 Å². The fourth-order valence-corrected chi connectivity index (χ4v) is 2.16. The quantitative estimate of drug-likeness (QED) is 0.639. The Hall–Kier alpha value is -0.780. The monoisotopic (exact) mass is 176 g/mol. The maximum Gasteiger partial charge on any atom is -0.0213 e. The van der Waals surface area contributed by atoms with Crippen LogP contribution in [0.2, 0.25) is 0 Å². The van der Waals surface area contributed by atoms with Crippen LogP contribution < -0.4 is 0 Å². The summed E-state index contributed by atoms with van der Waals surface area (Å²) < 4.78 is 0. The van der Waals surface area contributed by atoms with E-state index in [0.717, 1.165) is 6.42 Å². The van der Waals surface area contributed by atoms with Gasteiger partial charge in [-0.1, -0.05) is 32.9 Å². The summed E-state index contributed by atoms with van der Waals surface area (Å²) in [4.78, 5) is 0. The molecule has 13 heavy (non-hydrogen) atoms. The first-order valence-corrected chi connectivity index (χ1v) is 5.16. The molecular weight excluding hydrogens is 156 g/mol. The van der Waals surface area contributed by atoms with Crippen molar-refractivity contribution < 1.29 is 0 Å². The molecule has 0 nitrogen and oxygen atoms in total. The first-order chi connectivity index (χ1) is 6.07. The fourth-order valence-electron chi connectivity index (χ4n) is 2.16. The zero-order chi connectivity index (χ0) is 10.0. The van der Waals surface area contributed by atoms with Crippen LogP contribution in [-0.4, -0.2) is 0 Å². The molecule has 1 aromatic rings. The molecule has 0 heteroatoms. The topological polar surface area (TPSA) is 0 Å². The van der Waals surface area contributed by atoms with E-state index in [1.54, 1.807) is 11.1 Å². The van der Waals surface area contributed by atoms with Crippen LogP contribution in [0.5, 0.6) is 0 Å². The Morgan fingerprint density at radius 2 is 1.62 bits per heavy atom. The van der Waals surface area contributed by atoms with Crippen molar-refractivity contribution in [1.29, 1.82) is 0 Å². The van der Waals surface area contributed by atoms with E-state index in [1.165, 1.54) is 11.1 Å². The molecule has 0 aliphatic carbocycles. The van der Waals surface area contributed by atoms with E-state index in [4.69, 9.17) is 0 Å². The van der Waals surface area contributed by atoms with Gasteiger partial charge < -0.3 is 0 Å². The Kier molecular flexibility index (Phi) is 3.13. The molecule has 0 atom stereocenters. The number of hydrogen-bond donors (Lipinski definition) is 0. The summed E-state index contributed by atoms with van der Waals surface area (Å²) in [6, 6.07) is 4.48. The molecule has 0 aliphatic rings. The third-order valence-electron chi connectivity index (χ3n) is 2.74. The molecule has 72 valence electrons. The van der Waals surface area contributed by atoms with Crippen LogP contribution in [-0.2, 0) is 6.42 Å². The van der Waals surface area contributed by atoms with Crippen molar-refractivity contribution in [1.82, 2.24) is 0 Å². The molecular formula is C13H20. The predicted octanol–water partition coefficient (Wildman–Crippen LogP) is 3.99. The summed E-state index contributed by atoms with van der Waals surface area (Å²) in [6.07, 6.45) is 1.15. The average Bonchev–Trinajstić information content (AvgIpc) is 2.07. The van der Waals surface area contributed by atoms with E-state index in [1.807, 2.05) is 0 Å². The molecule has 0 saturated heterocycles. The minimum Gasteiger partial charge on any atom is -0.0613 e. The van der Waals surface area contributed by atoms with Gasteiger partial charge in [0.1, 0.15) is 0 Å². The van der Waals surface area contributed by atoms with Crippen molar-refractivity contribution in [3.63, 3.8) is 0 Å². The van der Waals surface area contributed by atoms with Crippen LogP contribution in [0.1, 0.15) is 48.9 Å². The lowest BCUT2D eigenvalue weighted by Gasteiger charge is -2.17. The van der Waals surface area contributed by atoms with Crippen LogP contribution in [0.15, 0.2) is 12.1 Å². The van der Waals surface area contributed by atoms with Gasteiger partial charge in [0.05, 0.1) is 0 Å². The van der Waals surface area contributed by atoms with Crippen molar-refractivity contribution >= 4 is 0 Å². The summed E-state index contributed by atoms with van der Waals surface area (Å²) in [5.41, 5.74) is 5.99. The van der Waals surface area contributed by atoms with Crippen molar-refractivity contribution in [2.24, 2.45) is 0 Å². The van der Waals surface area contributed by atoms with Gasteiger partial charge in [0.25, 0.3) is 0 Å². The van der Waals surface area contributed by atoms with Gasteiger partial charge >= 0.3 is 0 Å². The number of rotatable bonds is 2. The van der Waals surface area contributed by atoms with Crippen LogP contribution in [0.3, 0.4) is 0 Å². The normalized spacial score (nSPS) is 10.9. The van der Waals surface area contributed by atoms with Gasteiger partial charge in [0.15, 0.2) is 0 Å². The Balaban J connectivity index is 3.35. The minimum atomic E-state index is 0.648. The molecule has 0 spiro atoms. The smallest absolute Gasteiger partial charge is 0.0213 e. The van der Waals surface area contributed by atoms with Crippen LogP contribution in [0, 0.1) is 13.8 Å². The first-order valence-electron chi connectivity index (χ1n) is 5.16. The Morgan fingerprint density at radius 1 is 1.08 bits per heavy atom. The standard InChI is InChI=1S/C13H20/c1-6-12-10(4)7-8-11(5)13(12)9(2)3/h7-9H,6H2,1-5H3. The van der Waals surface area contributed by atoms with E-state index in [2.05, 4.69) is 46.8 Å². The van der Waals surface area contributed by atoms with Crippen molar-refractivity contribution in [3.05, 3.63) is 34.4 Å². The molecule has 0 amide bonds. The second-order valence-electron chi connectivity index (χ2n) is 4.10. The van der Waals surface area contributed by atoms with Gasteiger partial charge in [0.2, 0.25) is 0 Å². The van der Waals surface area contributed by atoms with Crippen LogP contribution in [0.25, 0.3) is 0 Å². The highest BCUT2D eigenvalue weighted by Crippen LogP contribution is 2.26. The first kappa shape index (κ1) is 10.3. The largest absolute Gasteiger partial charge is 0.0613 e. The Morgan fingerprint density at radius 3 is 2.00 bits per heavy atom. The van der Waals surface area contributed by atoms with Gasteiger partial charge in [-0.2, -0.15) is 0 Å².